The van der Waals surface area contributed by atoms with Crippen molar-refractivity contribution in [3.05, 3.63) is 47.6 Å². The van der Waals surface area contributed by atoms with Crippen molar-refractivity contribution in [2.24, 2.45) is 0 Å². The largest absolute Gasteiger partial charge is 0.380 e. The SMILES string of the molecule is N=c1c[n+](N2CCN(CC(=O)c3ccccc3)CC2)[n-]o1. The fourth-order valence-electron chi connectivity index (χ4n) is 2.39. The molecule has 2 heterocycles. The highest BCUT2D eigenvalue weighted by Crippen LogP contribution is 2.03. The van der Waals surface area contributed by atoms with Crippen molar-refractivity contribution in [2.75, 3.05) is 37.7 Å². The molecule has 1 N–H and O–H groups in total. The lowest BCUT2D eigenvalue weighted by Gasteiger charge is -2.34. The molecule has 110 valence electrons. The van der Waals surface area contributed by atoms with Crippen molar-refractivity contribution in [1.82, 2.24) is 10.2 Å². The zero-order valence-electron chi connectivity index (χ0n) is 11.6. The Morgan fingerprint density at radius 2 is 1.95 bits per heavy atom. The summed E-state index contributed by atoms with van der Waals surface area (Å²) in [7, 11) is 0. The van der Waals surface area contributed by atoms with Gasteiger partial charge in [-0.3, -0.25) is 20.1 Å². The minimum absolute atomic E-state index is 0.0386. The summed E-state index contributed by atoms with van der Waals surface area (Å²) in [6.45, 7) is 3.50. The second-order valence-corrected chi connectivity index (χ2v) is 5.01. The zero-order chi connectivity index (χ0) is 14.7. The summed E-state index contributed by atoms with van der Waals surface area (Å²) in [5.74, 6) is 0.145. The molecule has 21 heavy (non-hydrogen) atoms. The highest BCUT2D eigenvalue weighted by atomic mass is 16.5. The normalized spacial score (nSPS) is 16.1. The van der Waals surface area contributed by atoms with Gasteiger partial charge < -0.3 is 4.52 Å². The Labute approximate surface area is 121 Å². The number of hydrogen-bond donors (Lipinski definition) is 1. The first-order valence-corrected chi connectivity index (χ1v) is 6.88. The van der Waals surface area contributed by atoms with Crippen LogP contribution in [0.1, 0.15) is 10.4 Å². The smallest absolute Gasteiger partial charge is 0.286 e. The lowest BCUT2D eigenvalue weighted by molar-refractivity contribution is -0.764. The maximum absolute atomic E-state index is 12.2. The van der Waals surface area contributed by atoms with E-state index < -0.39 is 0 Å². The Balaban J connectivity index is 1.54. The van der Waals surface area contributed by atoms with Crippen LogP contribution in [0.4, 0.5) is 0 Å². The van der Waals surface area contributed by atoms with E-state index in [1.165, 1.54) is 6.20 Å². The van der Waals surface area contributed by atoms with Crippen molar-refractivity contribution in [1.29, 1.82) is 5.41 Å². The van der Waals surface area contributed by atoms with Gasteiger partial charge in [-0.25, -0.2) is 0 Å². The van der Waals surface area contributed by atoms with E-state index >= 15 is 0 Å². The monoisotopic (exact) mass is 287 g/mol. The zero-order valence-corrected chi connectivity index (χ0v) is 11.6. The van der Waals surface area contributed by atoms with Crippen LogP contribution in [0.3, 0.4) is 0 Å². The minimum Gasteiger partial charge on any atom is -0.380 e. The van der Waals surface area contributed by atoms with Gasteiger partial charge >= 0.3 is 0 Å². The molecule has 1 saturated heterocycles. The number of carbonyl (C=O) groups is 1. The average Bonchev–Trinajstić information content (AvgIpc) is 2.95. The van der Waals surface area contributed by atoms with Crippen LogP contribution in [0.25, 0.3) is 0 Å². The quantitative estimate of drug-likeness (QED) is 0.585. The fraction of sp³-hybridized carbons (Fsp3) is 0.357. The molecule has 3 rings (SSSR count). The number of rotatable bonds is 4. The van der Waals surface area contributed by atoms with Gasteiger partial charge in [0.1, 0.15) is 0 Å². The van der Waals surface area contributed by atoms with E-state index in [0.29, 0.717) is 6.54 Å². The molecule has 7 heteroatoms. The van der Waals surface area contributed by atoms with Crippen LogP contribution in [0.15, 0.2) is 41.1 Å². The van der Waals surface area contributed by atoms with Crippen LogP contribution >= 0.6 is 0 Å². The molecule has 1 aromatic heterocycles. The molecule has 0 unspecified atom stereocenters. The van der Waals surface area contributed by atoms with Crippen molar-refractivity contribution in [3.8, 4) is 0 Å². The third-order valence-electron chi connectivity index (χ3n) is 3.56. The molecule has 1 aliphatic rings. The van der Waals surface area contributed by atoms with Gasteiger partial charge in [0, 0.05) is 31.7 Å². The maximum atomic E-state index is 12.2. The number of ketones is 1. The van der Waals surface area contributed by atoms with Crippen molar-refractivity contribution >= 4 is 5.78 Å². The highest BCUT2D eigenvalue weighted by molar-refractivity contribution is 5.97. The lowest BCUT2D eigenvalue weighted by atomic mass is 10.1. The van der Waals surface area contributed by atoms with Crippen LogP contribution in [0.5, 0.6) is 0 Å². The molecule has 0 spiro atoms. The molecule has 0 bridgehead atoms. The molecule has 1 aliphatic heterocycles. The first kappa shape index (κ1) is 13.6. The molecular weight excluding hydrogens is 270 g/mol. The van der Waals surface area contributed by atoms with Gasteiger partial charge in [-0.15, -0.1) is 0 Å². The highest BCUT2D eigenvalue weighted by Gasteiger charge is 2.20. The number of nitrogens with zero attached hydrogens (tertiary/aromatic N) is 4. The van der Waals surface area contributed by atoms with Gasteiger partial charge in [0.25, 0.3) is 11.8 Å². The van der Waals surface area contributed by atoms with Gasteiger partial charge in [-0.1, -0.05) is 35.1 Å². The van der Waals surface area contributed by atoms with Gasteiger partial charge in [0.05, 0.1) is 6.54 Å². The Bertz CT molecular complexity index is 655. The molecule has 0 radical (unpaired) electrons. The number of Topliss-reactive ketones (excluding diaryl/α,β-unsaturated/α-hetero) is 1. The summed E-state index contributed by atoms with van der Waals surface area (Å²) in [5, 5.41) is 13.1. The Kier molecular flexibility index (Phi) is 3.83. The molecule has 1 aromatic carbocycles. The van der Waals surface area contributed by atoms with Gasteiger partial charge in [-0.05, 0) is 5.27 Å². The summed E-state index contributed by atoms with van der Waals surface area (Å²) in [4.78, 5) is 15.8. The Morgan fingerprint density at radius 3 is 2.57 bits per heavy atom. The topological polar surface area (TPSA) is 78.5 Å². The molecule has 0 atom stereocenters. The number of hydrogen-bond acceptors (Lipinski definition) is 5. The molecular formula is C14H17N5O2. The first-order valence-electron chi connectivity index (χ1n) is 6.88. The predicted octanol–water partition coefficient (Wildman–Crippen LogP) is -0.860. The van der Waals surface area contributed by atoms with E-state index in [2.05, 4.69) is 10.2 Å². The summed E-state index contributed by atoms with van der Waals surface area (Å²) in [5.41, 5.74) is 0.793. The van der Waals surface area contributed by atoms with Crippen molar-refractivity contribution in [3.63, 3.8) is 0 Å². The summed E-state index contributed by atoms with van der Waals surface area (Å²) < 4.78 is 4.74. The van der Waals surface area contributed by atoms with Crippen LogP contribution in [-0.4, -0.2) is 43.4 Å². The molecule has 2 aromatic rings. The Hall–Kier alpha value is -2.41. The standard InChI is InChI=1S/C14H17N5O2/c15-14-11-19(16-21-14)18-8-6-17(7-9-18)10-13(20)12-4-2-1-3-5-12/h1-5,11,15H,6-10H2. The predicted molar refractivity (Wildman–Crippen MR) is 73.2 cm³/mol. The van der Waals surface area contributed by atoms with E-state index in [1.54, 1.807) is 4.79 Å². The van der Waals surface area contributed by atoms with E-state index in [4.69, 9.17) is 9.93 Å². The van der Waals surface area contributed by atoms with Crippen LogP contribution in [-0.2, 0) is 0 Å². The van der Waals surface area contributed by atoms with Crippen LogP contribution in [0, 0.1) is 5.41 Å². The van der Waals surface area contributed by atoms with E-state index in [1.807, 2.05) is 35.3 Å². The minimum atomic E-state index is 0.0386. The molecule has 0 saturated carbocycles. The van der Waals surface area contributed by atoms with Crippen LogP contribution < -0.4 is 20.6 Å². The summed E-state index contributed by atoms with van der Waals surface area (Å²) in [6, 6.07) is 9.36. The number of benzene rings is 1. The Morgan fingerprint density at radius 1 is 1.24 bits per heavy atom. The number of nitrogens with one attached hydrogen (secondary N) is 1. The lowest BCUT2D eigenvalue weighted by Crippen LogP contribution is -2.66. The van der Waals surface area contributed by atoms with Gasteiger partial charge in [-0.2, -0.15) is 0 Å². The molecule has 0 amide bonds. The fourth-order valence-corrected chi connectivity index (χ4v) is 2.39. The van der Waals surface area contributed by atoms with E-state index in [9.17, 15) is 4.79 Å². The number of piperazine rings is 1. The van der Waals surface area contributed by atoms with Crippen LogP contribution in [0.2, 0.25) is 0 Å². The molecule has 7 nitrogen and oxygen atoms in total. The van der Waals surface area contributed by atoms with Gasteiger partial charge in [0.15, 0.2) is 5.78 Å². The molecule has 0 aliphatic carbocycles. The average molecular weight is 287 g/mol. The number of carbonyl (C=O) groups excluding carboxylic acids is 1. The summed E-state index contributed by atoms with van der Waals surface area (Å²) >= 11 is 0. The maximum Gasteiger partial charge on any atom is 0.286 e. The van der Waals surface area contributed by atoms with E-state index in [-0.39, 0.29) is 11.3 Å². The third kappa shape index (κ3) is 3.19. The van der Waals surface area contributed by atoms with Crippen molar-refractivity contribution in [2.45, 2.75) is 0 Å². The molecule has 1 fully saturated rings. The second-order valence-electron chi connectivity index (χ2n) is 5.01. The van der Waals surface area contributed by atoms with Crippen molar-refractivity contribution < 1.29 is 14.1 Å². The van der Waals surface area contributed by atoms with E-state index in [0.717, 1.165) is 31.7 Å². The van der Waals surface area contributed by atoms with Gasteiger partial charge in [0.2, 0.25) is 0 Å². The number of aromatic nitrogens is 2. The first-order chi connectivity index (χ1) is 10.2. The second kappa shape index (κ2) is 5.92. The third-order valence-corrected chi connectivity index (χ3v) is 3.56. The summed E-state index contributed by atoms with van der Waals surface area (Å²) in [6.07, 6.45) is 1.53.